The highest BCUT2D eigenvalue weighted by atomic mass is 19.1. The van der Waals surface area contributed by atoms with E-state index in [0.717, 1.165) is 5.56 Å². The van der Waals surface area contributed by atoms with Gasteiger partial charge in [0.15, 0.2) is 6.17 Å². The third-order valence-corrected chi connectivity index (χ3v) is 4.94. The summed E-state index contributed by atoms with van der Waals surface area (Å²) in [5.41, 5.74) is -0.0980. The molecule has 1 heterocycles. The van der Waals surface area contributed by atoms with Crippen molar-refractivity contribution in [1.29, 1.82) is 0 Å². The first kappa shape index (κ1) is 14.0. The minimum atomic E-state index is -1.70. The molecule has 0 spiro atoms. The number of carboxylic acids is 1. The van der Waals surface area contributed by atoms with Crippen LogP contribution in [-0.4, -0.2) is 34.6 Å². The van der Waals surface area contributed by atoms with Crippen molar-refractivity contribution in [2.75, 3.05) is 6.54 Å². The summed E-state index contributed by atoms with van der Waals surface area (Å²) in [5, 5.41) is 9.31. The number of carbonyl (C=O) groups excluding carboxylic acids is 1. The van der Waals surface area contributed by atoms with E-state index in [1.807, 2.05) is 37.3 Å². The lowest BCUT2D eigenvalue weighted by Gasteiger charge is -2.25. The third kappa shape index (κ3) is 2.11. The van der Waals surface area contributed by atoms with Crippen LogP contribution in [0.4, 0.5) is 4.39 Å². The average Bonchev–Trinajstić information content (AvgIpc) is 3.24. The van der Waals surface area contributed by atoms with Crippen LogP contribution in [0.15, 0.2) is 30.3 Å². The Kier molecular flexibility index (Phi) is 3.23. The molecular weight excluding hydrogens is 273 g/mol. The Morgan fingerprint density at radius 3 is 2.52 bits per heavy atom. The summed E-state index contributed by atoms with van der Waals surface area (Å²) in [5.74, 6) is -2.28. The number of aliphatic carboxylic acids is 1. The predicted octanol–water partition coefficient (Wildman–Crippen LogP) is 2.41. The fraction of sp³-hybridized carbons (Fsp3) is 0.500. The molecule has 0 radical (unpaired) electrons. The van der Waals surface area contributed by atoms with Gasteiger partial charge in [0.1, 0.15) is 0 Å². The molecule has 1 aliphatic carbocycles. The van der Waals surface area contributed by atoms with E-state index in [1.54, 1.807) is 0 Å². The monoisotopic (exact) mass is 291 g/mol. The van der Waals surface area contributed by atoms with Crippen molar-refractivity contribution < 1.29 is 19.1 Å². The van der Waals surface area contributed by atoms with Crippen LogP contribution in [0.25, 0.3) is 0 Å². The van der Waals surface area contributed by atoms with Crippen LogP contribution in [0, 0.1) is 11.3 Å². The lowest BCUT2D eigenvalue weighted by Crippen LogP contribution is -2.32. The highest BCUT2D eigenvalue weighted by molar-refractivity contribution is 5.87. The molecule has 3 atom stereocenters. The Morgan fingerprint density at radius 2 is 2.00 bits per heavy atom. The maximum Gasteiger partial charge on any atom is 0.310 e. The molecule has 112 valence electrons. The topological polar surface area (TPSA) is 57.6 Å². The Balaban J connectivity index is 1.83. The summed E-state index contributed by atoms with van der Waals surface area (Å²) in [6.45, 7) is 2.03. The van der Waals surface area contributed by atoms with Crippen molar-refractivity contribution in [1.82, 2.24) is 4.90 Å². The molecule has 1 amide bonds. The van der Waals surface area contributed by atoms with Crippen molar-refractivity contribution in [3.05, 3.63) is 35.9 Å². The molecule has 4 nitrogen and oxygen atoms in total. The number of benzene rings is 1. The molecule has 0 aromatic heterocycles. The zero-order valence-electron chi connectivity index (χ0n) is 11.8. The van der Waals surface area contributed by atoms with Crippen molar-refractivity contribution in [2.45, 2.75) is 32.0 Å². The molecule has 21 heavy (non-hydrogen) atoms. The van der Waals surface area contributed by atoms with Crippen molar-refractivity contribution >= 4 is 11.9 Å². The second-order valence-corrected chi connectivity index (χ2v) is 6.05. The minimum Gasteiger partial charge on any atom is -0.481 e. The number of hydrogen-bond donors (Lipinski definition) is 1. The van der Waals surface area contributed by atoms with Crippen LogP contribution < -0.4 is 0 Å². The van der Waals surface area contributed by atoms with Gasteiger partial charge in [-0.15, -0.1) is 0 Å². The van der Waals surface area contributed by atoms with E-state index in [2.05, 4.69) is 0 Å². The number of nitrogens with zero attached hydrogens (tertiary/aromatic N) is 1. The van der Waals surface area contributed by atoms with Crippen molar-refractivity contribution in [2.24, 2.45) is 11.3 Å². The maximum atomic E-state index is 14.3. The van der Waals surface area contributed by atoms with Crippen molar-refractivity contribution in [3.63, 3.8) is 0 Å². The minimum absolute atomic E-state index is 0.183. The number of likely N-dealkylation sites (tertiary alicyclic amines) is 1. The fourth-order valence-corrected chi connectivity index (χ4v) is 3.32. The van der Waals surface area contributed by atoms with Gasteiger partial charge >= 0.3 is 5.97 Å². The summed E-state index contributed by atoms with van der Waals surface area (Å²) in [6, 6.07) is 9.16. The van der Waals surface area contributed by atoms with Gasteiger partial charge in [0.05, 0.1) is 11.5 Å². The molecule has 0 unspecified atom stereocenters. The molecule has 1 N–H and O–H groups in total. The number of rotatable bonds is 4. The second-order valence-electron chi connectivity index (χ2n) is 6.05. The van der Waals surface area contributed by atoms with Crippen molar-refractivity contribution in [3.8, 4) is 0 Å². The van der Waals surface area contributed by atoms with Crippen LogP contribution in [0.1, 0.15) is 31.4 Å². The molecule has 1 saturated heterocycles. The van der Waals surface area contributed by atoms with Crippen LogP contribution >= 0.6 is 0 Å². The summed E-state index contributed by atoms with van der Waals surface area (Å²) in [4.78, 5) is 25.0. The molecule has 1 saturated carbocycles. The first-order chi connectivity index (χ1) is 9.97. The first-order valence-corrected chi connectivity index (χ1v) is 7.20. The molecule has 5 heteroatoms. The van der Waals surface area contributed by atoms with Crippen LogP contribution in [-0.2, 0) is 9.59 Å². The normalized spacial score (nSPS) is 28.5. The van der Waals surface area contributed by atoms with E-state index in [-0.39, 0.29) is 12.6 Å². The molecule has 2 aliphatic rings. The molecule has 1 aromatic carbocycles. The second kappa shape index (κ2) is 4.83. The lowest BCUT2D eigenvalue weighted by atomic mass is 9.87. The Labute approximate surface area is 122 Å². The van der Waals surface area contributed by atoms with Gasteiger partial charge in [0.2, 0.25) is 0 Å². The van der Waals surface area contributed by atoms with E-state index in [9.17, 15) is 19.1 Å². The quantitative estimate of drug-likeness (QED) is 0.926. The van der Waals surface area contributed by atoms with Gasteiger partial charge in [0.25, 0.3) is 5.91 Å². The summed E-state index contributed by atoms with van der Waals surface area (Å²) in [6.07, 6.45) is -0.766. The van der Waals surface area contributed by atoms with Gasteiger partial charge in [-0.05, 0) is 25.3 Å². The average molecular weight is 291 g/mol. The molecule has 1 aromatic rings. The summed E-state index contributed by atoms with van der Waals surface area (Å²) >= 11 is 0. The number of carbonyl (C=O) groups is 2. The van der Waals surface area contributed by atoms with E-state index < -0.39 is 29.4 Å². The number of alkyl halides is 1. The molecular formula is C16H18FNO3. The molecule has 3 rings (SSSR count). The fourth-order valence-electron chi connectivity index (χ4n) is 3.32. The van der Waals surface area contributed by atoms with Gasteiger partial charge in [-0.1, -0.05) is 30.3 Å². The third-order valence-electron chi connectivity index (χ3n) is 4.94. The highest BCUT2D eigenvalue weighted by Gasteiger charge is 2.63. The predicted molar refractivity (Wildman–Crippen MR) is 74.3 cm³/mol. The van der Waals surface area contributed by atoms with Crippen LogP contribution in [0.3, 0.4) is 0 Å². The van der Waals surface area contributed by atoms with E-state index in [0.29, 0.717) is 12.8 Å². The van der Waals surface area contributed by atoms with Gasteiger partial charge in [-0.25, -0.2) is 4.39 Å². The lowest BCUT2D eigenvalue weighted by molar-refractivity contribution is -0.146. The van der Waals surface area contributed by atoms with Gasteiger partial charge in [0, 0.05) is 12.5 Å². The molecule has 1 aliphatic heterocycles. The van der Waals surface area contributed by atoms with Crippen LogP contribution in [0.2, 0.25) is 0 Å². The smallest absolute Gasteiger partial charge is 0.310 e. The number of halogens is 1. The number of amides is 1. The van der Waals surface area contributed by atoms with E-state index >= 15 is 0 Å². The first-order valence-electron chi connectivity index (χ1n) is 7.20. The van der Waals surface area contributed by atoms with Gasteiger partial charge in [-0.2, -0.15) is 0 Å². The van der Waals surface area contributed by atoms with E-state index in [1.165, 1.54) is 4.90 Å². The van der Waals surface area contributed by atoms with Gasteiger partial charge < -0.3 is 10.0 Å². The number of hydrogen-bond acceptors (Lipinski definition) is 2. The Hall–Kier alpha value is -1.91. The van der Waals surface area contributed by atoms with E-state index in [4.69, 9.17) is 0 Å². The Morgan fingerprint density at radius 1 is 1.38 bits per heavy atom. The SMILES string of the molecule is C[C@@H](c1ccccc1)N1C[C@H](C2(C(=O)O)CC2)[C@H](F)C1=O. The molecule has 2 fully saturated rings. The highest BCUT2D eigenvalue weighted by Crippen LogP contribution is 2.56. The Bertz CT molecular complexity index is 570. The standard InChI is InChI=1S/C16H18FNO3/c1-10(11-5-3-2-4-6-11)18-9-12(13(17)14(18)19)16(7-8-16)15(20)21/h2-6,10,12-13H,7-9H2,1H3,(H,20,21)/t10-,12-,13-/m0/s1. The zero-order chi connectivity index (χ0) is 15.2. The largest absolute Gasteiger partial charge is 0.481 e. The zero-order valence-corrected chi connectivity index (χ0v) is 11.8. The summed E-state index contributed by atoms with van der Waals surface area (Å²) < 4.78 is 14.3. The molecule has 0 bridgehead atoms. The van der Waals surface area contributed by atoms with Gasteiger partial charge in [-0.3, -0.25) is 9.59 Å². The number of carboxylic acid groups (broad SMARTS) is 1. The van der Waals surface area contributed by atoms with Crippen LogP contribution in [0.5, 0.6) is 0 Å². The summed E-state index contributed by atoms with van der Waals surface area (Å²) in [7, 11) is 0. The maximum absolute atomic E-state index is 14.3.